The lowest BCUT2D eigenvalue weighted by Crippen LogP contribution is -2.56. The average Bonchev–Trinajstić information content (AvgIpc) is 3.33. The van der Waals surface area contributed by atoms with E-state index >= 15 is 0 Å². The fourth-order valence-electron chi connectivity index (χ4n) is 4.43. The van der Waals surface area contributed by atoms with Crippen molar-refractivity contribution in [3.8, 4) is 11.4 Å². The number of nitrogen functional groups attached to an aromatic ring is 1. The number of fused-ring (bicyclic) bond motifs is 1. The van der Waals surface area contributed by atoms with E-state index in [1.165, 1.54) is 12.4 Å². The Hall–Kier alpha value is -4.53. The molecular formula is C26H24N6O3. The van der Waals surface area contributed by atoms with Crippen LogP contribution in [0.4, 0.5) is 5.69 Å². The van der Waals surface area contributed by atoms with Gasteiger partial charge in [-0.1, -0.05) is 18.2 Å². The summed E-state index contributed by atoms with van der Waals surface area (Å²) in [5, 5.41) is 0.595. The quantitative estimate of drug-likeness (QED) is 0.350. The van der Waals surface area contributed by atoms with E-state index < -0.39 is 11.7 Å². The first-order valence-electron chi connectivity index (χ1n) is 11.3. The molecular weight excluding hydrogens is 444 g/mol. The number of carbonyl (C=O) groups excluding carboxylic acids is 3. The molecule has 9 heteroatoms. The van der Waals surface area contributed by atoms with Gasteiger partial charge in [0.25, 0.3) is 17.6 Å². The van der Waals surface area contributed by atoms with E-state index in [4.69, 9.17) is 5.73 Å². The number of aromatic nitrogens is 3. The number of aromatic amines is 1. The number of pyridine rings is 2. The maximum atomic E-state index is 13.2. The summed E-state index contributed by atoms with van der Waals surface area (Å²) >= 11 is 0. The highest BCUT2D eigenvalue weighted by atomic mass is 16.2. The number of Topliss-reactive ketones (excluding diaryl/α,β-unsaturated/α-hetero) is 1. The number of H-pyrrole nitrogens is 1. The molecule has 0 aliphatic carbocycles. The zero-order valence-electron chi connectivity index (χ0n) is 19.1. The van der Waals surface area contributed by atoms with Gasteiger partial charge in [-0.25, -0.2) is 0 Å². The third kappa shape index (κ3) is 4.12. The van der Waals surface area contributed by atoms with Crippen LogP contribution in [-0.4, -0.2) is 68.0 Å². The number of benzene rings is 1. The Morgan fingerprint density at radius 1 is 1.03 bits per heavy atom. The van der Waals surface area contributed by atoms with E-state index in [2.05, 4.69) is 15.0 Å². The Morgan fingerprint density at radius 3 is 2.54 bits per heavy atom. The molecule has 176 valence electrons. The Kier molecular flexibility index (Phi) is 5.74. The summed E-state index contributed by atoms with van der Waals surface area (Å²) in [7, 11) is 0. The molecule has 1 atom stereocenters. The molecule has 5 rings (SSSR count). The molecule has 1 unspecified atom stereocenters. The number of nitrogens with zero attached hydrogens (tertiary/aromatic N) is 4. The summed E-state index contributed by atoms with van der Waals surface area (Å²) in [4.78, 5) is 54.3. The molecule has 3 aromatic heterocycles. The number of hydrogen-bond donors (Lipinski definition) is 2. The number of nitrogens with one attached hydrogen (secondary N) is 1. The van der Waals surface area contributed by atoms with Crippen LogP contribution in [0.25, 0.3) is 22.3 Å². The van der Waals surface area contributed by atoms with Crippen molar-refractivity contribution in [3.63, 3.8) is 0 Å². The first-order chi connectivity index (χ1) is 16.9. The Labute approximate surface area is 201 Å². The largest absolute Gasteiger partial charge is 0.397 e. The molecule has 2 amide bonds. The van der Waals surface area contributed by atoms with Crippen LogP contribution in [0.1, 0.15) is 27.6 Å². The van der Waals surface area contributed by atoms with E-state index in [9.17, 15) is 14.4 Å². The van der Waals surface area contributed by atoms with Gasteiger partial charge in [-0.3, -0.25) is 24.4 Å². The molecule has 4 aromatic rings. The van der Waals surface area contributed by atoms with E-state index in [0.29, 0.717) is 46.6 Å². The lowest BCUT2D eigenvalue weighted by atomic mass is 10.1. The van der Waals surface area contributed by atoms with Crippen LogP contribution in [0.3, 0.4) is 0 Å². The number of hydrogen-bond acceptors (Lipinski definition) is 6. The molecule has 1 fully saturated rings. The molecule has 1 aromatic carbocycles. The van der Waals surface area contributed by atoms with Crippen LogP contribution < -0.4 is 5.73 Å². The van der Waals surface area contributed by atoms with E-state index in [-0.39, 0.29) is 24.1 Å². The molecule has 0 bridgehead atoms. The van der Waals surface area contributed by atoms with Gasteiger partial charge in [-0.05, 0) is 37.3 Å². The van der Waals surface area contributed by atoms with Crippen molar-refractivity contribution in [2.45, 2.75) is 13.0 Å². The van der Waals surface area contributed by atoms with Crippen LogP contribution in [0.2, 0.25) is 0 Å². The monoisotopic (exact) mass is 468 g/mol. The molecule has 1 saturated heterocycles. The molecule has 0 radical (unpaired) electrons. The predicted octanol–water partition coefficient (Wildman–Crippen LogP) is 2.76. The Morgan fingerprint density at radius 2 is 1.83 bits per heavy atom. The summed E-state index contributed by atoms with van der Waals surface area (Å²) in [5.41, 5.74) is 8.94. The zero-order chi connectivity index (χ0) is 24.5. The van der Waals surface area contributed by atoms with Crippen LogP contribution >= 0.6 is 0 Å². The van der Waals surface area contributed by atoms with Crippen molar-refractivity contribution in [2.75, 3.05) is 25.4 Å². The third-order valence-electron chi connectivity index (χ3n) is 6.27. The first kappa shape index (κ1) is 22.3. The topological polar surface area (TPSA) is 125 Å². The van der Waals surface area contributed by atoms with Crippen molar-refractivity contribution < 1.29 is 14.4 Å². The summed E-state index contributed by atoms with van der Waals surface area (Å²) in [5.74, 6) is -1.27. The van der Waals surface area contributed by atoms with E-state index in [1.807, 2.05) is 25.1 Å². The number of ketones is 1. The molecule has 1 aliphatic rings. The number of rotatable bonds is 4. The van der Waals surface area contributed by atoms with Gasteiger partial charge in [0.2, 0.25) is 0 Å². The van der Waals surface area contributed by atoms with Crippen LogP contribution in [-0.2, 0) is 4.79 Å². The maximum Gasteiger partial charge on any atom is 0.295 e. The molecule has 0 spiro atoms. The Balaban J connectivity index is 1.35. The van der Waals surface area contributed by atoms with E-state index in [0.717, 1.165) is 0 Å². The predicted molar refractivity (Wildman–Crippen MR) is 132 cm³/mol. The number of anilines is 1. The third-order valence-corrected chi connectivity index (χ3v) is 6.27. The van der Waals surface area contributed by atoms with Crippen molar-refractivity contribution in [2.24, 2.45) is 0 Å². The lowest BCUT2D eigenvalue weighted by molar-refractivity contribution is -0.130. The van der Waals surface area contributed by atoms with Gasteiger partial charge in [0.05, 0.1) is 28.7 Å². The second-order valence-corrected chi connectivity index (χ2v) is 8.56. The minimum Gasteiger partial charge on any atom is -0.397 e. The second kappa shape index (κ2) is 9.02. The number of carbonyl (C=O) groups is 3. The minimum absolute atomic E-state index is 0.0798. The first-order valence-corrected chi connectivity index (χ1v) is 11.3. The van der Waals surface area contributed by atoms with Gasteiger partial charge in [0.1, 0.15) is 5.69 Å². The highest BCUT2D eigenvalue weighted by Gasteiger charge is 2.34. The van der Waals surface area contributed by atoms with Crippen molar-refractivity contribution in [1.29, 1.82) is 0 Å². The van der Waals surface area contributed by atoms with Crippen LogP contribution in [0, 0.1) is 0 Å². The summed E-state index contributed by atoms with van der Waals surface area (Å²) in [6, 6.07) is 13.9. The standard InChI is InChI=1S/C26H24N6O3/c1-16-15-31(25(34)17-5-3-2-4-6-17)11-12-32(16)26(35)24(33)20-14-30-22-19(20)9-10-28-23(22)21-8-7-18(27)13-29-21/h2-10,13-14,16,30H,11-12,15,27H2,1H3. The Bertz CT molecular complexity index is 1410. The fourth-order valence-corrected chi connectivity index (χ4v) is 4.43. The summed E-state index contributed by atoms with van der Waals surface area (Å²) in [6.07, 6.45) is 4.66. The SMILES string of the molecule is CC1CN(C(=O)c2ccccc2)CCN1C(=O)C(=O)c1c[nH]c2c(-c3ccc(N)cn3)nccc12. The van der Waals surface area contributed by atoms with Gasteiger partial charge in [0.15, 0.2) is 0 Å². The van der Waals surface area contributed by atoms with Gasteiger partial charge >= 0.3 is 0 Å². The second-order valence-electron chi connectivity index (χ2n) is 8.56. The highest BCUT2D eigenvalue weighted by molar-refractivity contribution is 6.45. The maximum absolute atomic E-state index is 13.2. The molecule has 35 heavy (non-hydrogen) atoms. The van der Waals surface area contributed by atoms with Crippen molar-refractivity contribution in [3.05, 3.63) is 78.2 Å². The zero-order valence-corrected chi connectivity index (χ0v) is 19.1. The molecule has 1 aliphatic heterocycles. The smallest absolute Gasteiger partial charge is 0.295 e. The van der Waals surface area contributed by atoms with Crippen LogP contribution in [0.5, 0.6) is 0 Å². The van der Waals surface area contributed by atoms with E-state index in [1.54, 1.807) is 46.3 Å². The fraction of sp³-hybridized carbons (Fsp3) is 0.192. The summed E-state index contributed by atoms with van der Waals surface area (Å²) < 4.78 is 0. The molecule has 0 saturated carbocycles. The number of piperazine rings is 1. The summed E-state index contributed by atoms with van der Waals surface area (Å²) in [6.45, 7) is 2.85. The minimum atomic E-state index is -0.603. The van der Waals surface area contributed by atoms with Crippen LogP contribution in [0.15, 0.2) is 67.1 Å². The van der Waals surface area contributed by atoms with Gasteiger partial charge in [0, 0.05) is 49.0 Å². The highest BCUT2D eigenvalue weighted by Crippen LogP contribution is 2.28. The molecule has 3 N–H and O–H groups in total. The lowest BCUT2D eigenvalue weighted by Gasteiger charge is -2.39. The molecule has 4 heterocycles. The normalized spacial score (nSPS) is 15.9. The van der Waals surface area contributed by atoms with Crippen molar-refractivity contribution in [1.82, 2.24) is 24.8 Å². The van der Waals surface area contributed by atoms with Crippen molar-refractivity contribution >= 4 is 34.2 Å². The molecule has 9 nitrogen and oxygen atoms in total. The average molecular weight is 469 g/mol. The van der Waals surface area contributed by atoms with Gasteiger partial charge < -0.3 is 20.5 Å². The number of amides is 2. The van der Waals surface area contributed by atoms with Gasteiger partial charge in [-0.15, -0.1) is 0 Å². The number of nitrogens with two attached hydrogens (primary N) is 1. The van der Waals surface area contributed by atoms with Gasteiger partial charge in [-0.2, -0.15) is 0 Å².